The zero-order valence-electron chi connectivity index (χ0n) is 24.2. The Bertz CT molecular complexity index is 1480. The van der Waals surface area contributed by atoms with Gasteiger partial charge in [-0.3, -0.25) is 40.5 Å². The maximum atomic E-state index is 10.4. The summed E-state index contributed by atoms with van der Waals surface area (Å²) in [5.41, 5.74) is -2.69. The first-order valence-corrected chi connectivity index (χ1v) is 12.4. The number of carboxylic acids is 4. The number of carbonyl (C=O) groups is 4. The minimum absolute atomic E-state index is 0. The number of nitro benzene ring substituents is 4. The SMILES string of the molecule is O=C(O)c1ccccc1[N+](=O)[O-].O=C(O)c1ccccc1[N+](=O)[O-].O=C(O)c1ccccc1[N+](=O)[O-].O=C(O)c1ccccc1[N+](=O)[O-].[Hf]. The molecule has 0 amide bonds. The predicted octanol–water partition coefficient (Wildman–Crippen LogP) is 5.17. The quantitative estimate of drug-likeness (QED) is 0.101. The molecule has 4 aromatic rings. The van der Waals surface area contributed by atoms with Crippen molar-refractivity contribution < 1.29 is 85.1 Å². The molecule has 0 atom stereocenters. The molecule has 0 aliphatic rings. The molecular formula is C28H20HfN4O16. The number of benzene rings is 4. The first kappa shape index (κ1) is 42.2. The Balaban J connectivity index is 0.000000623. The second-order valence-electron chi connectivity index (χ2n) is 8.32. The van der Waals surface area contributed by atoms with Gasteiger partial charge in [0.25, 0.3) is 22.7 Å². The number of carboxylic acid groups (broad SMARTS) is 4. The number of aromatic carboxylic acids is 4. The third-order valence-corrected chi connectivity index (χ3v) is 5.32. The molecule has 0 fully saturated rings. The summed E-state index contributed by atoms with van der Waals surface area (Å²) in [6, 6.07) is 20.9. The second kappa shape index (κ2) is 20.4. The molecule has 21 heteroatoms. The molecule has 0 aromatic heterocycles. The van der Waals surface area contributed by atoms with Gasteiger partial charge in [-0.25, -0.2) is 19.2 Å². The van der Waals surface area contributed by atoms with Crippen LogP contribution in [-0.4, -0.2) is 64.0 Å². The molecule has 0 radical (unpaired) electrons. The molecule has 4 aromatic carbocycles. The van der Waals surface area contributed by atoms with E-state index in [1.165, 1.54) is 72.8 Å². The molecule has 0 spiro atoms. The van der Waals surface area contributed by atoms with Gasteiger partial charge in [0.05, 0.1) is 19.7 Å². The van der Waals surface area contributed by atoms with Gasteiger partial charge < -0.3 is 20.4 Å². The number of rotatable bonds is 8. The summed E-state index contributed by atoms with van der Waals surface area (Å²) in [4.78, 5) is 79.9. The van der Waals surface area contributed by atoms with Gasteiger partial charge >= 0.3 is 23.9 Å². The Morgan fingerprint density at radius 3 is 0.612 bits per heavy atom. The summed E-state index contributed by atoms with van der Waals surface area (Å²) in [7, 11) is 0. The molecule has 0 bridgehead atoms. The third kappa shape index (κ3) is 13.2. The van der Waals surface area contributed by atoms with Crippen LogP contribution in [0.2, 0.25) is 0 Å². The van der Waals surface area contributed by atoms with Gasteiger partial charge in [0.2, 0.25) is 0 Å². The van der Waals surface area contributed by atoms with Crippen molar-refractivity contribution in [3.05, 3.63) is 160 Å². The van der Waals surface area contributed by atoms with Gasteiger partial charge in [-0.2, -0.15) is 0 Å². The van der Waals surface area contributed by atoms with Crippen molar-refractivity contribution in [1.29, 1.82) is 0 Å². The van der Waals surface area contributed by atoms with Gasteiger partial charge in [0.1, 0.15) is 22.3 Å². The fourth-order valence-corrected chi connectivity index (χ4v) is 3.25. The van der Waals surface area contributed by atoms with Crippen LogP contribution in [-0.2, 0) is 25.8 Å². The Hall–Kier alpha value is -6.77. The number of hydrogen-bond donors (Lipinski definition) is 4. The van der Waals surface area contributed by atoms with E-state index in [-0.39, 0.29) is 70.8 Å². The van der Waals surface area contributed by atoms with Gasteiger partial charge in [-0.15, -0.1) is 0 Å². The average molecular weight is 847 g/mol. The molecule has 0 aliphatic carbocycles. The van der Waals surface area contributed by atoms with E-state index in [9.17, 15) is 59.6 Å². The van der Waals surface area contributed by atoms with E-state index < -0.39 is 43.6 Å². The predicted molar refractivity (Wildman–Crippen MR) is 160 cm³/mol. The van der Waals surface area contributed by atoms with E-state index >= 15 is 0 Å². The number of nitro groups is 4. The Morgan fingerprint density at radius 2 is 0.510 bits per heavy atom. The van der Waals surface area contributed by atoms with Crippen LogP contribution in [0.3, 0.4) is 0 Å². The number of nitrogens with zero attached hydrogens (tertiary/aromatic N) is 4. The van der Waals surface area contributed by atoms with E-state index in [1.54, 1.807) is 0 Å². The molecule has 20 nitrogen and oxygen atoms in total. The van der Waals surface area contributed by atoms with E-state index in [4.69, 9.17) is 20.4 Å². The number of para-hydroxylation sites is 4. The van der Waals surface area contributed by atoms with Crippen molar-refractivity contribution in [2.45, 2.75) is 0 Å². The molecule has 4 rings (SSSR count). The second-order valence-corrected chi connectivity index (χ2v) is 8.32. The Labute approximate surface area is 290 Å². The van der Waals surface area contributed by atoms with Crippen LogP contribution in [0.1, 0.15) is 41.4 Å². The van der Waals surface area contributed by atoms with Crippen LogP contribution in [0.25, 0.3) is 0 Å². The van der Waals surface area contributed by atoms with Gasteiger partial charge in [-0.1, -0.05) is 48.5 Å². The summed E-state index contributed by atoms with van der Waals surface area (Å²) in [5, 5.41) is 75.1. The van der Waals surface area contributed by atoms with E-state index in [0.29, 0.717) is 0 Å². The molecule has 0 unspecified atom stereocenters. The molecule has 252 valence electrons. The smallest absolute Gasteiger partial charge is 0.342 e. The van der Waals surface area contributed by atoms with E-state index in [0.717, 1.165) is 24.3 Å². The fraction of sp³-hybridized carbons (Fsp3) is 0. The largest absolute Gasteiger partial charge is 0.477 e. The molecule has 0 saturated carbocycles. The monoisotopic (exact) mass is 848 g/mol. The van der Waals surface area contributed by atoms with Crippen molar-refractivity contribution in [3.63, 3.8) is 0 Å². The van der Waals surface area contributed by atoms with Crippen LogP contribution in [0, 0.1) is 40.5 Å². The average Bonchev–Trinajstić information content (AvgIpc) is 3.05. The van der Waals surface area contributed by atoms with Crippen molar-refractivity contribution in [2.75, 3.05) is 0 Å². The molecule has 0 heterocycles. The zero-order chi connectivity index (χ0) is 36.6. The first-order valence-electron chi connectivity index (χ1n) is 12.4. The van der Waals surface area contributed by atoms with E-state index in [2.05, 4.69) is 0 Å². The minimum atomic E-state index is -1.29. The third-order valence-electron chi connectivity index (χ3n) is 5.32. The number of hydrogen-bond acceptors (Lipinski definition) is 12. The summed E-state index contributed by atoms with van der Waals surface area (Å²) < 4.78 is 0. The molecule has 49 heavy (non-hydrogen) atoms. The standard InChI is InChI=1S/4C7H5NO4.Hf/c4*9-7(10)5-3-1-2-4-6(5)8(11)12;/h4*1-4H,(H,9,10);. The van der Waals surface area contributed by atoms with Gasteiger partial charge in [0.15, 0.2) is 0 Å². The summed E-state index contributed by atoms with van der Waals surface area (Å²) >= 11 is 0. The maximum absolute atomic E-state index is 10.4. The van der Waals surface area contributed by atoms with Crippen LogP contribution in [0.15, 0.2) is 97.1 Å². The first-order chi connectivity index (χ1) is 22.5. The van der Waals surface area contributed by atoms with Gasteiger partial charge in [-0.05, 0) is 24.3 Å². The Kier molecular flexibility index (Phi) is 17.6. The minimum Gasteiger partial charge on any atom is -0.477 e. The molecule has 0 saturated heterocycles. The van der Waals surface area contributed by atoms with Crippen molar-refractivity contribution in [3.8, 4) is 0 Å². The summed E-state index contributed by atoms with van der Waals surface area (Å²) in [6.07, 6.45) is 0. The molecule has 4 N–H and O–H groups in total. The molecule has 0 aliphatic heterocycles. The topological polar surface area (TPSA) is 322 Å². The normalized spacial score (nSPS) is 9.14. The van der Waals surface area contributed by atoms with Crippen molar-refractivity contribution in [2.24, 2.45) is 0 Å². The molecular weight excluding hydrogens is 827 g/mol. The van der Waals surface area contributed by atoms with Crippen molar-refractivity contribution >= 4 is 46.6 Å². The maximum Gasteiger partial charge on any atom is 0.342 e. The summed E-state index contributed by atoms with van der Waals surface area (Å²) in [5.74, 6) is -5.16. The summed E-state index contributed by atoms with van der Waals surface area (Å²) in [6.45, 7) is 0. The van der Waals surface area contributed by atoms with Crippen LogP contribution < -0.4 is 0 Å². The van der Waals surface area contributed by atoms with E-state index in [1.807, 2.05) is 0 Å². The Morgan fingerprint density at radius 1 is 0.367 bits per heavy atom. The zero-order valence-corrected chi connectivity index (χ0v) is 27.8. The fourth-order valence-electron chi connectivity index (χ4n) is 3.25. The van der Waals surface area contributed by atoms with Crippen LogP contribution >= 0.6 is 0 Å². The van der Waals surface area contributed by atoms with Crippen molar-refractivity contribution in [1.82, 2.24) is 0 Å². The van der Waals surface area contributed by atoms with Gasteiger partial charge in [0, 0.05) is 50.1 Å². The van der Waals surface area contributed by atoms with Crippen LogP contribution in [0.5, 0.6) is 0 Å². The van der Waals surface area contributed by atoms with Crippen LogP contribution in [0.4, 0.5) is 22.7 Å².